The molecule has 0 saturated carbocycles. The predicted octanol–water partition coefficient (Wildman–Crippen LogP) is 2.76. The molecule has 0 spiro atoms. The molecule has 1 unspecified atom stereocenters. The molecule has 0 amide bonds. The molecule has 3 nitrogen and oxygen atoms in total. The topological polar surface area (TPSA) is 48.1 Å². The number of hydrogen-bond donors (Lipinski definition) is 1. The quantitative estimate of drug-likeness (QED) is 0.941. The molecule has 2 aromatic rings. The largest absolute Gasteiger partial charge is 0.381 e. The number of nitrogens with zero attached hydrogens (tertiary/aromatic N) is 1. The lowest BCUT2D eigenvalue weighted by Crippen LogP contribution is -2.50. The highest BCUT2D eigenvalue weighted by molar-refractivity contribution is 7.09. The van der Waals surface area contributed by atoms with E-state index in [2.05, 4.69) is 35.3 Å². The second-order valence-corrected chi connectivity index (χ2v) is 6.35. The number of thiazole rings is 1. The van der Waals surface area contributed by atoms with Crippen LogP contribution in [0.25, 0.3) is 0 Å². The van der Waals surface area contributed by atoms with E-state index in [0.29, 0.717) is 0 Å². The summed E-state index contributed by atoms with van der Waals surface area (Å²) < 4.78 is 5.56. The van der Waals surface area contributed by atoms with Crippen LogP contribution in [0.4, 0.5) is 0 Å². The lowest BCUT2D eigenvalue weighted by molar-refractivity contribution is 0.0400. The summed E-state index contributed by atoms with van der Waals surface area (Å²) in [7, 11) is 0. The molecule has 3 rings (SSSR count). The number of aromatic nitrogens is 1. The zero-order valence-electron chi connectivity index (χ0n) is 11.5. The predicted molar refractivity (Wildman–Crippen MR) is 82.0 cm³/mol. The average Bonchev–Trinajstić information content (AvgIpc) is 3.02. The van der Waals surface area contributed by atoms with Crippen LogP contribution in [0.1, 0.15) is 23.4 Å². The monoisotopic (exact) mass is 288 g/mol. The Morgan fingerprint density at radius 3 is 2.65 bits per heavy atom. The van der Waals surface area contributed by atoms with Crippen molar-refractivity contribution < 1.29 is 4.74 Å². The molecule has 1 saturated heterocycles. The van der Waals surface area contributed by atoms with Crippen molar-refractivity contribution in [2.24, 2.45) is 5.73 Å². The smallest absolute Gasteiger partial charge is 0.0940 e. The van der Waals surface area contributed by atoms with E-state index in [9.17, 15) is 0 Å². The second kappa shape index (κ2) is 6.04. The van der Waals surface area contributed by atoms with Crippen molar-refractivity contribution in [3.63, 3.8) is 0 Å². The number of hydrogen-bond acceptors (Lipinski definition) is 4. The zero-order chi connectivity index (χ0) is 13.8. The molecule has 0 radical (unpaired) electrons. The Labute approximate surface area is 123 Å². The summed E-state index contributed by atoms with van der Waals surface area (Å²) in [4.78, 5) is 4.38. The van der Waals surface area contributed by atoms with E-state index < -0.39 is 0 Å². The molecule has 1 aliphatic rings. The van der Waals surface area contributed by atoms with Crippen molar-refractivity contribution in [2.45, 2.75) is 30.7 Å². The first-order valence-corrected chi connectivity index (χ1v) is 7.96. The summed E-state index contributed by atoms with van der Waals surface area (Å²) >= 11 is 1.69. The molecule has 0 bridgehead atoms. The maximum absolute atomic E-state index is 6.62. The van der Waals surface area contributed by atoms with Crippen molar-refractivity contribution in [1.82, 2.24) is 4.98 Å². The fourth-order valence-corrected chi connectivity index (χ4v) is 3.79. The van der Waals surface area contributed by atoms with E-state index in [0.717, 1.165) is 37.5 Å². The molecule has 1 atom stereocenters. The van der Waals surface area contributed by atoms with Gasteiger partial charge in [0.1, 0.15) is 0 Å². The first-order valence-electron chi connectivity index (χ1n) is 7.08. The third-order valence-electron chi connectivity index (χ3n) is 4.32. The van der Waals surface area contributed by atoms with Gasteiger partial charge < -0.3 is 10.5 Å². The van der Waals surface area contributed by atoms with Crippen LogP contribution in [-0.4, -0.2) is 24.2 Å². The summed E-state index contributed by atoms with van der Waals surface area (Å²) in [6.45, 7) is 1.58. The molecule has 106 valence electrons. The van der Waals surface area contributed by atoms with Gasteiger partial charge in [-0.15, -0.1) is 11.3 Å². The summed E-state index contributed by atoms with van der Waals surface area (Å²) in [5.74, 6) is 0. The number of benzene rings is 1. The minimum absolute atomic E-state index is 0.0190. The van der Waals surface area contributed by atoms with Gasteiger partial charge in [-0.05, 0) is 18.4 Å². The van der Waals surface area contributed by atoms with E-state index in [-0.39, 0.29) is 11.5 Å². The highest BCUT2D eigenvalue weighted by Gasteiger charge is 2.40. The maximum Gasteiger partial charge on any atom is 0.0940 e. The molecule has 2 N–H and O–H groups in total. The van der Waals surface area contributed by atoms with Crippen LogP contribution in [0.3, 0.4) is 0 Å². The lowest BCUT2D eigenvalue weighted by Gasteiger charge is -2.42. The molecule has 1 fully saturated rings. The normalized spacial score (nSPS) is 19.6. The third kappa shape index (κ3) is 2.64. The van der Waals surface area contributed by atoms with Crippen LogP contribution in [-0.2, 0) is 16.6 Å². The first kappa shape index (κ1) is 13.7. The van der Waals surface area contributed by atoms with Crippen LogP contribution in [0.5, 0.6) is 0 Å². The Balaban J connectivity index is 1.89. The van der Waals surface area contributed by atoms with Crippen LogP contribution >= 0.6 is 11.3 Å². The third-order valence-corrected chi connectivity index (χ3v) is 5.12. The van der Waals surface area contributed by atoms with Gasteiger partial charge in [0.2, 0.25) is 0 Å². The fourth-order valence-electron chi connectivity index (χ4n) is 3.12. The second-order valence-electron chi connectivity index (χ2n) is 5.37. The molecule has 4 heteroatoms. The van der Waals surface area contributed by atoms with Gasteiger partial charge in [-0.2, -0.15) is 0 Å². The van der Waals surface area contributed by atoms with Crippen molar-refractivity contribution >= 4 is 11.3 Å². The van der Waals surface area contributed by atoms with Crippen LogP contribution in [0.15, 0.2) is 41.9 Å². The van der Waals surface area contributed by atoms with Crippen LogP contribution in [0.2, 0.25) is 0 Å². The molecular weight excluding hydrogens is 268 g/mol. The fraction of sp³-hybridized carbons (Fsp3) is 0.438. The van der Waals surface area contributed by atoms with Gasteiger partial charge >= 0.3 is 0 Å². The summed E-state index contributed by atoms with van der Waals surface area (Å²) in [5.41, 5.74) is 7.98. The van der Waals surface area contributed by atoms with Gasteiger partial charge in [-0.3, -0.25) is 0 Å². The average molecular weight is 288 g/mol. The maximum atomic E-state index is 6.62. The van der Waals surface area contributed by atoms with Crippen molar-refractivity contribution in [3.8, 4) is 0 Å². The van der Waals surface area contributed by atoms with E-state index in [1.807, 2.05) is 11.6 Å². The summed E-state index contributed by atoms with van der Waals surface area (Å²) in [6.07, 6.45) is 4.67. The zero-order valence-corrected chi connectivity index (χ0v) is 12.3. The molecule has 1 aromatic heterocycles. The Kier molecular flexibility index (Phi) is 4.15. The molecule has 0 aliphatic carbocycles. The Bertz CT molecular complexity index is 521. The highest BCUT2D eigenvalue weighted by Crippen LogP contribution is 2.38. The van der Waals surface area contributed by atoms with Gasteiger partial charge in [0.05, 0.1) is 5.01 Å². The minimum atomic E-state index is 0.0190. The minimum Gasteiger partial charge on any atom is -0.381 e. The van der Waals surface area contributed by atoms with E-state index >= 15 is 0 Å². The Hall–Kier alpha value is -1.23. The van der Waals surface area contributed by atoms with Crippen molar-refractivity contribution in [1.29, 1.82) is 0 Å². The molecule has 1 aromatic carbocycles. The first-order chi connectivity index (χ1) is 9.81. The Morgan fingerprint density at radius 1 is 1.25 bits per heavy atom. The van der Waals surface area contributed by atoms with Gasteiger partial charge in [0.15, 0.2) is 0 Å². The van der Waals surface area contributed by atoms with Crippen molar-refractivity contribution in [3.05, 3.63) is 52.5 Å². The van der Waals surface area contributed by atoms with Gasteiger partial charge in [-0.25, -0.2) is 4.98 Å². The van der Waals surface area contributed by atoms with Gasteiger partial charge in [0, 0.05) is 42.7 Å². The van der Waals surface area contributed by atoms with Crippen molar-refractivity contribution in [2.75, 3.05) is 13.2 Å². The SMILES string of the molecule is NC(Cc1nccs1)C1(c2ccccc2)CCOCC1. The molecule has 20 heavy (non-hydrogen) atoms. The van der Waals surface area contributed by atoms with Crippen LogP contribution in [0, 0.1) is 0 Å². The van der Waals surface area contributed by atoms with E-state index in [4.69, 9.17) is 10.5 Å². The molecular formula is C16H20N2OS. The standard InChI is InChI=1S/C16H20N2OS/c17-14(12-15-18-8-11-20-15)16(6-9-19-10-7-16)13-4-2-1-3-5-13/h1-5,8,11,14H,6-7,9-10,12,17H2. The Morgan fingerprint density at radius 2 is 2.00 bits per heavy atom. The van der Waals surface area contributed by atoms with E-state index in [1.165, 1.54) is 5.56 Å². The molecule has 1 aliphatic heterocycles. The highest BCUT2D eigenvalue weighted by atomic mass is 32.1. The molecule has 2 heterocycles. The van der Waals surface area contributed by atoms with Crippen LogP contribution < -0.4 is 5.73 Å². The van der Waals surface area contributed by atoms with Gasteiger partial charge in [0.25, 0.3) is 0 Å². The van der Waals surface area contributed by atoms with E-state index in [1.54, 1.807) is 11.3 Å². The summed E-state index contributed by atoms with van der Waals surface area (Å²) in [5, 5.41) is 3.14. The number of nitrogens with two attached hydrogens (primary N) is 1. The summed E-state index contributed by atoms with van der Waals surface area (Å²) in [6, 6.07) is 10.7. The lowest BCUT2D eigenvalue weighted by atomic mass is 9.68. The number of ether oxygens (including phenoxy) is 1. The van der Waals surface area contributed by atoms with Gasteiger partial charge in [-0.1, -0.05) is 30.3 Å². The number of rotatable bonds is 4.